The molecular weight excluding hydrogens is 252 g/mol. The Kier molecular flexibility index (Phi) is 4.55. The highest BCUT2D eigenvalue weighted by atomic mass is 16.5. The Morgan fingerprint density at radius 1 is 1.40 bits per heavy atom. The molecule has 2 unspecified atom stereocenters. The summed E-state index contributed by atoms with van der Waals surface area (Å²) in [6.07, 6.45) is 1.45. The van der Waals surface area contributed by atoms with Gasteiger partial charge in [-0.25, -0.2) is 0 Å². The minimum Gasteiger partial charge on any atom is -0.377 e. The van der Waals surface area contributed by atoms with E-state index in [4.69, 9.17) is 9.26 Å². The lowest BCUT2D eigenvalue weighted by atomic mass is 9.64. The van der Waals surface area contributed by atoms with E-state index in [0.717, 1.165) is 31.0 Å². The van der Waals surface area contributed by atoms with Gasteiger partial charge in [0.2, 0.25) is 0 Å². The highest BCUT2D eigenvalue weighted by Crippen LogP contribution is 2.43. The van der Waals surface area contributed by atoms with E-state index in [1.807, 2.05) is 13.8 Å². The fourth-order valence-electron chi connectivity index (χ4n) is 2.80. The van der Waals surface area contributed by atoms with Crippen LogP contribution in [-0.2, 0) is 11.3 Å². The molecule has 0 bridgehead atoms. The number of aromatic nitrogens is 1. The highest BCUT2D eigenvalue weighted by Gasteiger charge is 2.48. The average Bonchev–Trinajstić information content (AvgIpc) is 2.67. The van der Waals surface area contributed by atoms with Gasteiger partial charge in [0.1, 0.15) is 5.76 Å². The molecule has 1 heterocycles. The van der Waals surface area contributed by atoms with Crippen LogP contribution in [0.25, 0.3) is 0 Å². The Balaban J connectivity index is 1.84. The first-order chi connectivity index (χ1) is 9.32. The smallest absolute Gasteiger partial charge is 0.138 e. The predicted octanol–water partition coefficient (Wildman–Crippen LogP) is 3.22. The average molecular weight is 280 g/mol. The summed E-state index contributed by atoms with van der Waals surface area (Å²) in [5.74, 6) is 1.51. The van der Waals surface area contributed by atoms with Crippen molar-refractivity contribution in [3.8, 4) is 0 Å². The number of nitrogens with zero attached hydrogens (tertiary/aromatic N) is 1. The third-order valence-corrected chi connectivity index (χ3v) is 4.51. The van der Waals surface area contributed by atoms with Gasteiger partial charge in [-0.3, -0.25) is 0 Å². The van der Waals surface area contributed by atoms with E-state index in [1.165, 1.54) is 5.56 Å². The number of rotatable bonds is 6. The monoisotopic (exact) mass is 280 g/mol. The van der Waals surface area contributed by atoms with E-state index >= 15 is 0 Å². The molecule has 0 aliphatic heterocycles. The Hall–Kier alpha value is -0.870. The van der Waals surface area contributed by atoms with Gasteiger partial charge in [-0.2, -0.15) is 0 Å². The molecule has 1 aromatic rings. The Bertz CT molecular complexity index is 432. The molecule has 0 spiro atoms. The highest BCUT2D eigenvalue weighted by molar-refractivity contribution is 5.21. The largest absolute Gasteiger partial charge is 0.377 e. The fourth-order valence-corrected chi connectivity index (χ4v) is 2.80. The summed E-state index contributed by atoms with van der Waals surface area (Å²) in [4.78, 5) is 0. The van der Waals surface area contributed by atoms with E-state index in [-0.39, 0.29) is 5.41 Å². The van der Waals surface area contributed by atoms with Crippen molar-refractivity contribution >= 4 is 0 Å². The van der Waals surface area contributed by atoms with Crippen LogP contribution in [0.5, 0.6) is 0 Å². The molecule has 1 N–H and O–H groups in total. The lowest BCUT2D eigenvalue weighted by Gasteiger charge is -2.52. The van der Waals surface area contributed by atoms with Crippen molar-refractivity contribution in [3.05, 3.63) is 17.0 Å². The van der Waals surface area contributed by atoms with Crippen molar-refractivity contribution in [2.75, 3.05) is 6.61 Å². The van der Waals surface area contributed by atoms with Crippen LogP contribution in [0, 0.1) is 25.2 Å². The number of hydrogen-bond donors (Lipinski definition) is 1. The lowest BCUT2D eigenvalue weighted by Crippen LogP contribution is -2.60. The van der Waals surface area contributed by atoms with Gasteiger partial charge in [0.15, 0.2) is 0 Å². The van der Waals surface area contributed by atoms with Crippen LogP contribution in [0.3, 0.4) is 0 Å². The van der Waals surface area contributed by atoms with E-state index in [0.29, 0.717) is 18.1 Å². The summed E-state index contributed by atoms with van der Waals surface area (Å²) in [5.41, 5.74) is 2.36. The fraction of sp³-hybridized carbons (Fsp3) is 0.812. The molecule has 1 aliphatic rings. The van der Waals surface area contributed by atoms with Gasteiger partial charge in [0, 0.05) is 30.2 Å². The molecule has 0 saturated heterocycles. The zero-order chi connectivity index (χ0) is 14.9. The molecule has 0 amide bonds. The lowest BCUT2D eigenvalue weighted by molar-refractivity contribution is -0.124. The normalized spacial score (nSPS) is 24.9. The van der Waals surface area contributed by atoms with Crippen molar-refractivity contribution in [2.45, 2.75) is 66.7 Å². The number of nitrogens with one attached hydrogen (secondary N) is 1. The van der Waals surface area contributed by atoms with Gasteiger partial charge in [0.05, 0.1) is 11.8 Å². The third-order valence-electron chi connectivity index (χ3n) is 4.51. The quantitative estimate of drug-likeness (QED) is 0.869. The van der Waals surface area contributed by atoms with Crippen molar-refractivity contribution in [2.24, 2.45) is 11.3 Å². The first-order valence-corrected chi connectivity index (χ1v) is 7.59. The maximum absolute atomic E-state index is 6.00. The summed E-state index contributed by atoms with van der Waals surface area (Å²) in [5, 5.41) is 7.63. The SMILES string of the molecule is Cc1noc(C)c1CNC1CC(OCC(C)C)C1(C)C. The summed E-state index contributed by atoms with van der Waals surface area (Å²) < 4.78 is 11.2. The molecule has 2 rings (SSSR count). The molecule has 4 heteroatoms. The molecule has 4 nitrogen and oxygen atoms in total. The molecule has 1 fully saturated rings. The summed E-state index contributed by atoms with van der Waals surface area (Å²) >= 11 is 0. The Morgan fingerprint density at radius 2 is 2.10 bits per heavy atom. The van der Waals surface area contributed by atoms with Crippen LogP contribution >= 0.6 is 0 Å². The van der Waals surface area contributed by atoms with Crippen LogP contribution in [0.4, 0.5) is 0 Å². The van der Waals surface area contributed by atoms with E-state index in [1.54, 1.807) is 0 Å². The van der Waals surface area contributed by atoms with Gasteiger partial charge in [-0.15, -0.1) is 0 Å². The third kappa shape index (κ3) is 3.07. The molecule has 1 aliphatic carbocycles. The molecule has 0 radical (unpaired) electrons. The van der Waals surface area contributed by atoms with E-state index in [9.17, 15) is 0 Å². The van der Waals surface area contributed by atoms with Gasteiger partial charge >= 0.3 is 0 Å². The number of ether oxygens (including phenoxy) is 1. The molecule has 114 valence electrons. The molecule has 1 aromatic heterocycles. The topological polar surface area (TPSA) is 47.3 Å². The van der Waals surface area contributed by atoms with Gasteiger partial charge < -0.3 is 14.6 Å². The Labute approximate surface area is 122 Å². The van der Waals surface area contributed by atoms with E-state index in [2.05, 4.69) is 38.2 Å². The maximum Gasteiger partial charge on any atom is 0.138 e. The number of hydrogen-bond acceptors (Lipinski definition) is 4. The molecule has 1 saturated carbocycles. The zero-order valence-corrected chi connectivity index (χ0v) is 13.6. The standard InChI is InChI=1S/C16H28N2O2/c1-10(2)9-19-15-7-14(16(15,5)6)17-8-13-11(3)18-20-12(13)4/h10,14-15,17H,7-9H2,1-6H3. The van der Waals surface area contributed by atoms with E-state index < -0.39 is 0 Å². The van der Waals surface area contributed by atoms with Crippen molar-refractivity contribution in [1.29, 1.82) is 0 Å². The second-order valence-corrected chi connectivity index (χ2v) is 7.01. The summed E-state index contributed by atoms with van der Waals surface area (Å²) in [6, 6.07) is 0.494. The van der Waals surface area contributed by atoms with Gasteiger partial charge in [0.25, 0.3) is 0 Å². The van der Waals surface area contributed by atoms with Crippen LogP contribution in [0.15, 0.2) is 4.52 Å². The van der Waals surface area contributed by atoms with Crippen molar-refractivity contribution < 1.29 is 9.26 Å². The van der Waals surface area contributed by atoms with Gasteiger partial charge in [-0.05, 0) is 26.2 Å². The second kappa shape index (κ2) is 5.86. The Morgan fingerprint density at radius 3 is 2.60 bits per heavy atom. The molecular formula is C16H28N2O2. The van der Waals surface area contributed by atoms with Crippen LogP contribution in [0.1, 0.15) is 51.1 Å². The summed E-state index contributed by atoms with van der Waals surface area (Å²) in [6.45, 7) is 14.6. The predicted molar refractivity (Wildman–Crippen MR) is 79.6 cm³/mol. The minimum atomic E-state index is 0.188. The van der Waals surface area contributed by atoms with Crippen LogP contribution in [-0.4, -0.2) is 23.9 Å². The molecule has 0 aromatic carbocycles. The molecule has 20 heavy (non-hydrogen) atoms. The number of aryl methyl sites for hydroxylation is 2. The second-order valence-electron chi connectivity index (χ2n) is 7.01. The first kappa shape index (κ1) is 15.5. The van der Waals surface area contributed by atoms with Crippen LogP contribution in [0.2, 0.25) is 0 Å². The van der Waals surface area contributed by atoms with Gasteiger partial charge in [-0.1, -0.05) is 32.9 Å². The maximum atomic E-state index is 6.00. The van der Waals surface area contributed by atoms with Crippen LogP contribution < -0.4 is 5.32 Å². The first-order valence-electron chi connectivity index (χ1n) is 7.59. The zero-order valence-electron chi connectivity index (χ0n) is 13.6. The molecule has 2 atom stereocenters. The minimum absolute atomic E-state index is 0.188. The summed E-state index contributed by atoms with van der Waals surface area (Å²) in [7, 11) is 0. The van der Waals surface area contributed by atoms with Crippen molar-refractivity contribution in [1.82, 2.24) is 10.5 Å². The van der Waals surface area contributed by atoms with Crippen molar-refractivity contribution in [3.63, 3.8) is 0 Å².